The first-order valence-corrected chi connectivity index (χ1v) is 9.78. The van der Waals surface area contributed by atoms with Crippen LogP contribution in [-0.2, 0) is 19.7 Å². The Kier molecular flexibility index (Phi) is 6.92. The van der Waals surface area contributed by atoms with E-state index in [0.29, 0.717) is 10.8 Å². The molecule has 2 aromatic rings. The molecule has 0 aliphatic carbocycles. The van der Waals surface area contributed by atoms with Gasteiger partial charge in [0.1, 0.15) is 10.8 Å². The summed E-state index contributed by atoms with van der Waals surface area (Å²) < 4.78 is 10.6. The molecule has 0 aliphatic rings. The molecule has 0 fully saturated rings. The molecule has 148 valence electrons. The van der Waals surface area contributed by atoms with Crippen LogP contribution in [0.3, 0.4) is 0 Å². The van der Waals surface area contributed by atoms with E-state index < -0.39 is 30.4 Å². The molecule has 7 heteroatoms. The quantitative estimate of drug-likeness (QED) is 0.654. The summed E-state index contributed by atoms with van der Waals surface area (Å²) in [7, 11) is 0. The molecule has 0 bridgehead atoms. The molecule has 0 aliphatic heterocycles. The van der Waals surface area contributed by atoms with Crippen LogP contribution in [-0.4, -0.2) is 29.4 Å². The Morgan fingerprint density at radius 2 is 1.89 bits per heavy atom. The van der Waals surface area contributed by atoms with E-state index in [1.54, 1.807) is 31.4 Å². The van der Waals surface area contributed by atoms with Gasteiger partial charge in [-0.15, -0.1) is 11.3 Å². The molecule has 2 atom stereocenters. The molecule has 1 aromatic carbocycles. The predicted octanol–water partition coefficient (Wildman–Crippen LogP) is 3.94. The number of aromatic nitrogens is 1. The SMILES string of the molecule is Cc1csc([C@@H](C#N)C(=O)COC(=O)[C@H](C)Oc2ccc(C(C)(C)C)cc2)n1. The van der Waals surface area contributed by atoms with E-state index in [4.69, 9.17) is 9.47 Å². The first-order chi connectivity index (χ1) is 13.1. The monoisotopic (exact) mass is 400 g/mol. The summed E-state index contributed by atoms with van der Waals surface area (Å²) >= 11 is 1.24. The topological polar surface area (TPSA) is 89.3 Å². The Balaban J connectivity index is 1.90. The fourth-order valence-electron chi connectivity index (χ4n) is 2.40. The third-order valence-corrected chi connectivity index (χ3v) is 5.08. The highest BCUT2D eigenvalue weighted by molar-refractivity contribution is 7.09. The lowest BCUT2D eigenvalue weighted by molar-refractivity contribution is -0.154. The molecule has 6 nitrogen and oxygen atoms in total. The molecule has 0 N–H and O–H groups in total. The number of ketones is 1. The number of ether oxygens (including phenoxy) is 2. The minimum absolute atomic E-state index is 0.0245. The maximum Gasteiger partial charge on any atom is 0.347 e. The van der Waals surface area contributed by atoms with E-state index in [9.17, 15) is 14.9 Å². The summed E-state index contributed by atoms with van der Waals surface area (Å²) in [5.74, 6) is -1.67. The Bertz CT molecular complexity index is 875. The number of nitrogens with zero attached hydrogens (tertiary/aromatic N) is 2. The number of carbonyl (C=O) groups is 2. The molecule has 0 spiro atoms. The van der Waals surface area contributed by atoms with E-state index in [1.165, 1.54) is 11.3 Å². The van der Waals surface area contributed by atoms with Gasteiger partial charge in [0.25, 0.3) is 0 Å². The van der Waals surface area contributed by atoms with Gasteiger partial charge in [-0.05, 0) is 37.0 Å². The fraction of sp³-hybridized carbons (Fsp3) is 0.429. The number of hydrogen-bond acceptors (Lipinski definition) is 7. The van der Waals surface area contributed by atoms with Gasteiger partial charge in [-0.3, -0.25) is 4.79 Å². The second-order valence-corrected chi connectivity index (χ2v) is 8.39. The van der Waals surface area contributed by atoms with Gasteiger partial charge in [-0.25, -0.2) is 9.78 Å². The van der Waals surface area contributed by atoms with Crippen LogP contribution in [0.25, 0.3) is 0 Å². The number of Topliss-reactive ketones (excluding diaryl/α,β-unsaturated/α-hetero) is 1. The normalized spacial score (nSPS) is 13.3. The van der Waals surface area contributed by atoms with Crippen molar-refractivity contribution in [2.45, 2.75) is 52.1 Å². The number of thiazole rings is 1. The number of nitriles is 1. The van der Waals surface area contributed by atoms with Crippen molar-refractivity contribution >= 4 is 23.1 Å². The van der Waals surface area contributed by atoms with Gasteiger partial charge in [0.15, 0.2) is 24.4 Å². The van der Waals surface area contributed by atoms with Crippen LogP contribution in [0.2, 0.25) is 0 Å². The Hall–Kier alpha value is -2.72. The molecule has 28 heavy (non-hydrogen) atoms. The zero-order chi connectivity index (χ0) is 20.9. The van der Waals surface area contributed by atoms with E-state index in [0.717, 1.165) is 11.3 Å². The highest BCUT2D eigenvalue weighted by atomic mass is 32.1. The van der Waals surface area contributed by atoms with Crippen LogP contribution >= 0.6 is 11.3 Å². The van der Waals surface area contributed by atoms with E-state index in [-0.39, 0.29) is 5.41 Å². The van der Waals surface area contributed by atoms with Crippen molar-refractivity contribution in [3.8, 4) is 11.8 Å². The van der Waals surface area contributed by atoms with Gasteiger partial charge >= 0.3 is 5.97 Å². The molecule has 2 rings (SSSR count). The van der Waals surface area contributed by atoms with Crippen molar-refractivity contribution in [2.75, 3.05) is 6.61 Å². The number of benzene rings is 1. The van der Waals surface area contributed by atoms with E-state index in [1.807, 2.05) is 18.2 Å². The minimum Gasteiger partial charge on any atom is -0.479 e. The van der Waals surface area contributed by atoms with Gasteiger partial charge in [-0.1, -0.05) is 32.9 Å². The lowest BCUT2D eigenvalue weighted by Crippen LogP contribution is -2.29. The lowest BCUT2D eigenvalue weighted by atomic mass is 9.87. The molecule has 0 radical (unpaired) electrons. The Labute approximate surface area is 169 Å². The predicted molar refractivity (Wildman–Crippen MR) is 106 cm³/mol. The molecular formula is C21H24N2O4S. The molecule has 1 heterocycles. The second kappa shape index (κ2) is 8.98. The summed E-state index contributed by atoms with van der Waals surface area (Å²) in [6.07, 6.45) is -0.879. The molecule has 0 unspecified atom stereocenters. The summed E-state index contributed by atoms with van der Waals surface area (Å²) in [5, 5.41) is 11.4. The van der Waals surface area contributed by atoms with Gasteiger partial charge in [-0.2, -0.15) is 5.26 Å². The summed E-state index contributed by atoms with van der Waals surface area (Å²) in [4.78, 5) is 28.5. The molecule has 0 amide bonds. The zero-order valence-corrected chi connectivity index (χ0v) is 17.5. The van der Waals surface area contributed by atoms with Crippen molar-refractivity contribution in [1.29, 1.82) is 5.26 Å². The average molecular weight is 401 g/mol. The molecule has 0 saturated heterocycles. The largest absolute Gasteiger partial charge is 0.479 e. The first-order valence-electron chi connectivity index (χ1n) is 8.90. The number of aryl methyl sites for hydroxylation is 1. The third-order valence-electron chi connectivity index (χ3n) is 4.06. The van der Waals surface area contributed by atoms with Crippen LogP contribution in [0.5, 0.6) is 5.75 Å². The van der Waals surface area contributed by atoms with Crippen molar-refractivity contribution in [1.82, 2.24) is 4.98 Å². The summed E-state index contributed by atoms with van der Waals surface area (Å²) in [5.41, 5.74) is 1.92. The zero-order valence-electron chi connectivity index (χ0n) is 16.7. The highest BCUT2D eigenvalue weighted by Gasteiger charge is 2.26. The fourth-order valence-corrected chi connectivity index (χ4v) is 3.26. The minimum atomic E-state index is -1.03. The molecular weight excluding hydrogens is 376 g/mol. The van der Waals surface area contributed by atoms with E-state index >= 15 is 0 Å². The number of hydrogen-bond donors (Lipinski definition) is 0. The number of carbonyl (C=O) groups excluding carboxylic acids is 2. The number of esters is 1. The van der Waals surface area contributed by atoms with E-state index in [2.05, 4.69) is 25.8 Å². The summed E-state index contributed by atoms with van der Waals surface area (Å²) in [6, 6.07) is 9.41. The lowest BCUT2D eigenvalue weighted by Gasteiger charge is -2.20. The van der Waals surface area contributed by atoms with Gasteiger partial charge in [0.2, 0.25) is 0 Å². The second-order valence-electron chi connectivity index (χ2n) is 7.50. The first kappa shape index (κ1) is 21.6. The average Bonchev–Trinajstić information content (AvgIpc) is 3.06. The smallest absolute Gasteiger partial charge is 0.347 e. The van der Waals surface area contributed by atoms with Crippen molar-refractivity contribution in [3.05, 3.63) is 45.9 Å². The highest BCUT2D eigenvalue weighted by Crippen LogP contribution is 2.25. The Morgan fingerprint density at radius 1 is 1.25 bits per heavy atom. The standard InChI is InChI=1S/C21H24N2O4S/c1-13-12-28-19(23-13)17(10-22)18(24)11-26-20(25)14(2)27-16-8-6-15(7-9-16)21(3,4)5/h6-9,12,14,17H,11H2,1-5H3/t14-,17-/m0/s1. The summed E-state index contributed by atoms with van der Waals surface area (Å²) in [6.45, 7) is 9.18. The van der Waals surface area contributed by atoms with Crippen LogP contribution in [0.4, 0.5) is 0 Å². The number of rotatable bonds is 7. The van der Waals surface area contributed by atoms with Gasteiger partial charge in [0.05, 0.1) is 6.07 Å². The van der Waals surface area contributed by atoms with Crippen LogP contribution in [0.15, 0.2) is 29.6 Å². The van der Waals surface area contributed by atoms with Gasteiger partial charge in [0, 0.05) is 11.1 Å². The Morgan fingerprint density at radius 3 is 2.39 bits per heavy atom. The maximum atomic E-state index is 12.2. The molecule has 1 aromatic heterocycles. The van der Waals surface area contributed by atoms with Crippen molar-refractivity contribution in [3.63, 3.8) is 0 Å². The third kappa shape index (κ3) is 5.64. The van der Waals surface area contributed by atoms with Crippen molar-refractivity contribution in [2.24, 2.45) is 0 Å². The van der Waals surface area contributed by atoms with Crippen molar-refractivity contribution < 1.29 is 19.1 Å². The van der Waals surface area contributed by atoms with Gasteiger partial charge < -0.3 is 9.47 Å². The van der Waals surface area contributed by atoms with Crippen LogP contribution in [0, 0.1) is 18.3 Å². The van der Waals surface area contributed by atoms with Crippen LogP contribution in [0.1, 0.15) is 49.9 Å². The molecule has 0 saturated carbocycles. The van der Waals surface area contributed by atoms with Crippen LogP contribution < -0.4 is 4.74 Å². The maximum absolute atomic E-state index is 12.2.